The molecular formula is C23H27N7O. The molecule has 4 aromatic rings. The van der Waals surface area contributed by atoms with Crippen molar-refractivity contribution in [2.24, 2.45) is 0 Å². The van der Waals surface area contributed by atoms with Gasteiger partial charge in [-0.2, -0.15) is 5.10 Å². The van der Waals surface area contributed by atoms with Crippen LogP contribution in [0.3, 0.4) is 0 Å². The lowest BCUT2D eigenvalue weighted by Gasteiger charge is -2.46. The Bertz CT molecular complexity index is 1220. The van der Waals surface area contributed by atoms with Gasteiger partial charge in [-0.1, -0.05) is 6.07 Å². The number of phenolic OH excluding ortho intramolecular Hbond substituents is 1. The summed E-state index contributed by atoms with van der Waals surface area (Å²) in [5, 5.41) is 21.1. The predicted molar refractivity (Wildman–Crippen MR) is 120 cm³/mol. The van der Waals surface area contributed by atoms with Gasteiger partial charge in [0.2, 0.25) is 0 Å². The molecule has 1 saturated heterocycles. The van der Waals surface area contributed by atoms with Crippen LogP contribution in [-0.4, -0.2) is 45.9 Å². The van der Waals surface area contributed by atoms with Crippen molar-refractivity contribution in [2.75, 3.05) is 0 Å². The van der Waals surface area contributed by atoms with Crippen LogP contribution in [-0.2, 0) is 0 Å². The van der Waals surface area contributed by atoms with E-state index < -0.39 is 0 Å². The summed E-state index contributed by atoms with van der Waals surface area (Å²) in [6, 6.07) is 5.79. The topological polar surface area (TPSA) is 105 Å². The summed E-state index contributed by atoms with van der Waals surface area (Å²) in [5.74, 6) is 0.147. The number of rotatable bonds is 3. The van der Waals surface area contributed by atoms with Gasteiger partial charge in [-0.15, -0.1) is 0 Å². The number of nitrogens with zero attached hydrogens (tertiary/aromatic N) is 5. The number of piperidine rings is 1. The standard InChI is InChI=1S/C23H27N7O/c1-22(2)8-16(9-23(3,4)29-22)30-13-25-20-21(30)24-12-18(28-20)17-6-5-14(7-19(17)31)15-10-26-27-11-15/h5-7,10-13,16,29,31H,8-9H2,1-4H3,(H,26,27). The molecule has 5 rings (SSSR count). The molecule has 1 aliphatic heterocycles. The third-order valence-corrected chi connectivity index (χ3v) is 5.95. The monoisotopic (exact) mass is 417 g/mol. The van der Waals surface area contributed by atoms with Crippen molar-refractivity contribution in [3.05, 3.63) is 43.1 Å². The van der Waals surface area contributed by atoms with Crippen molar-refractivity contribution in [2.45, 2.75) is 57.7 Å². The lowest BCUT2D eigenvalue weighted by atomic mass is 9.79. The van der Waals surface area contributed by atoms with E-state index in [0.717, 1.165) is 29.6 Å². The molecular weight excluding hydrogens is 390 g/mol. The molecule has 0 spiro atoms. The van der Waals surface area contributed by atoms with Crippen LogP contribution in [0.2, 0.25) is 0 Å². The first-order chi connectivity index (χ1) is 14.7. The number of hydrogen-bond acceptors (Lipinski definition) is 6. The van der Waals surface area contributed by atoms with Crippen LogP contribution < -0.4 is 5.32 Å². The molecule has 8 heteroatoms. The smallest absolute Gasteiger partial charge is 0.198 e. The van der Waals surface area contributed by atoms with E-state index >= 15 is 0 Å². The largest absolute Gasteiger partial charge is 0.507 e. The molecule has 8 nitrogen and oxygen atoms in total. The summed E-state index contributed by atoms with van der Waals surface area (Å²) in [7, 11) is 0. The van der Waals surface area contributed by atoms with Gasteiger partial charge in [0.15, 0.2) is 11.3 Å². The molecule has 1 aromatic carbocycles. The SMILES string of the molecule is CC1(C)CC(n2cnc3nc(-c4ccc(-c5cn[nH]c5)cc4O)cnc32)CC(C)(C)N1. The number of aromatic nitrogens is 6. The Hall–Kier alpha value is -3.26. The zero-order chi connectivity index (χ0) is 21.8. The summed E-state index contributed by atoms with van der Waals surface area (Å²) in [6.45, 7) is 8.94. The molecule has 0 aliphatic carbocycles. The zero-order valence-electron chi connectivity index (χ0n) is 18.2. The van der Waals surface area contributed by atoms with E-state index in [9.17, 15) is 5.11 Å². The molecule has 4 heterocycles. The first-order valence-electron chi connectivity index (χ1n) is 10.5. The molecule has 1 aliphatic rings. The average molecular weight is 418 g/mol. The van der Waals surface area contributed by atoms with Crippen LogP contribution >= 0.6 is 0 Å². The van der Waals surface area contributed by atoms with Crippen molar-refractivity contribution < 1.29 is 5.11 Å². The third-order valence-electron chi connectivity index (χ3n) is 5.95. The Balaban J connectivity index is 1.49. The lowest BCUT2D eigenvalue weighted by Crippen LogP contribution is -2.57. The normalized spacial score (nSPS) is 18.5. The Morgan fingerprint density at radius 3 is 2.48 bits per heavy atom. The third kappa shape index (κ3) is 3.67. The summed E-state index contributed by atoms with van der Waals surface area (Å²) < 4.78 is 2.15. The van der Waals surface area contributed by atoms with Gasteiger partial charge in [0.05, 0.1) is 24.4 Å². The summed E-state index contributed by atoms with van der Waals surface area (Å²) >= 11 is 0. The molecule has 31 heavy (non-hydrogen) atoms. The molecule has 0 amide bonds. The number of fused-ring (bicyclic) bond motifs is 1. The van der Waals surface area contributed by atoms with Gasteiger partial charge in [0.1, 0.15) is 5.75 Å². The predicted octanol–water partition coefficient (Wildman–Crippen LogP) is 4.07. The Labute approximate surface area is 180 Å². The number of benzene rings is 1. The highest BCUT2D eigenvalue weighted by molar-refractivity contribution is 5.76. The van der Waals surface area contributed by atoms with Crippen molar-refractivity contribution >= 4 is 11.3 Å². The first kappa shape index (κ1) is 19.7. The van der Waals surface area contributed by atoms with Gasteiger partial charge in [-0.25, -0.2) is 15.0 Å². The molecule has 0 radical (unpaired) electrons. The van der Waals surface area contributed by atoms with E-state index in [1.807, 2.05) is 18.5 Å². The van der Waals surface area contributed by atoms with E-state index in [4.69, 9.17) is 9.97 Å². The lowest BCUT2D eigenvalue weighted by molar-refractivity contribution is 0.134. The van der Waals surface area contributed by atoms with Crippen molar-refractivity contribution in [3.8, 4) is 28.1 Å². The minimum Gasteiger partial charge on any atom is -0.507 e. The highest BCUT2D eigenvalue weighted by Gasteiger charge is 2.39. The molecule has 0 bridgehead atoms. The van der Waals surface area contributed by atoms with Crippen LogP contribution in [0.4, 0.5) is 0 Å². The number of imidazole rings is 1. The minimum absolute atomic E-state index is 0.0267. The molecule has 0 saturated carbocycles. The maximum absolute atomic E-state index is 10.6. The molecule has 1 fully saturated rings. The van der Waals surface area contributed by atoms with Crippen molar-refractivity contribution in [1.29, 1.82) is 0 Å². The fraction of sp³-hybridized carbons (Fsp3) is 0.391. The van der Waals surface area contributed by atoms with Gasteiger partial charge < -0.3 is 15.0 Å². The second kappa shape index (κ2) is 6.88. The van der Waals surface area contributed by atoms with Gasteiger partial charge in [0, 0.05) is 34.4 Å². The summed E-state index contributed by atoms with van der Waals surface area (Å²) in [6.07, 6.45) is 9.04. The number of aromatic hydroxyl groups is 1. The molecule has 3 N–H and O–H groups in total. The highest BCUT2D eigenvalue weighted by Crippen LogP contribution is 2.37. The van der Waals surface area contributed by atoms with Gasteiger partial charge in [-0.05, 0) is 58.2 Å². The van der Waals surface area contributed by atoms with E-state index in [1.54, 1.807) is 24.7 Å². The summed E-state index contributed by atoms with van der Waals surface area (Å²) in [5.41, 5.74) is 4.43. The van der Waals surface area contributed by atoms with Crippen molar-refractivity contribution in [3.63, 3.8) is 0 Å². The minimum atomic E-state index is 0.0267. The first-order valence-corrected chi connectivity index (χ1v) is 10.5. The maximum atomic E-state index is 10.6. The van der Waals surface area contributed by atoms with Crippen LogP contribution in [0.5, 0.6) is 5.75 Å². The second-order valence-corrected chi connectivity index (χ2v) is 9.73. The molecule has 0 unspecified atom stereocenters. The van der Waals surface area contributed by atoms with Crippen LogP contribution in [0.25, 0.3) is 33.7 Å². The second-order valence-electron chi connectivity index (χ2n) is 9.73. The molecule has 160 valence electrons. The van der Waals surface area contributed by atoms with Crippen molar-refractivity contribution in [1.82, 2.24) is 35.0 Å². The molecule has 3 aromatic heterocycles. The number of phenols is 1. The number of H-pyrrole nitrogens is 1. The Morgan fingerprint density at radius 2 is 1.81 bits per heavy atom. The fourth-order valence-electron chi connectivity index (χ4n) is 5.01. The number of hydrogen-bond donors (Lipinski definition) is 3. The fourth-order valence-corrected chi connectivity index (χ4v) is 5.01. The Morgan fingerprint density at radius 1 is 1.03 bits per heavy atom. The number of nitrogens with one attached hydrogen (secondary N) is 2. The van der Waals surface area contributed by atoms with Crippen LogP contribution in [0.1, 0.15) is 46.6 Å². The van der Waals surface area contributed by atoms with E-state index in [0.29, 0.717) is 22.9 Å². The zero-order valence-corrected chi connectivity index (χ0v) is 18.2. The Kier molecular flexibility index (Phi) is 4.37. The van der Waals surface area contributed by atoms with Crippen LogP contribution in [0, 0.1) is 0 Å². The number of aromatic amines is 1. The highest BCUT2D eigenvalue weighted by atomic mass is 16.3. The maximum Gasteiger partial charge on any atom is 0.198 e. The molecule has 0 atom stereocenters. The van der Waals surface area contributed by atoms with Gasteiger partial charge in [0.25, 0.3) is 0 Å². The quantitative estimate of drug-likeness (QED) is 0.464. The van der Waals surface area contributed by atoms with Crippen LogP contribution in [0.15, 0.2) is 43.1 Å². The average Bonchev–Trinajstić information content (AvgIpc) is 3.35. The van der Waals surface area contributed by atoms with Gasteiger partial charge in [-0.3, -0.25) is 5.10 Å². The summed E-state index contributed by atoms with van der Waals surface area (Å²) in [4.78, 5) is 13.9. The van der Waals surface area contributed by atoms with E-state index in [2.05, 4.69) is 52.8 Å². The van der Waals surface area contributed by atoms with Gasteiger partial charge >= 0.3 is 0 Å². The van der Waals surface area contributed by atoms with E-state index in [-0.39, 0.29) is 16.8 Å². The van der Waals surface area contributed by atoms with E-state index in [1.165, 1.54) is 0 Å².